The molecule has 1 aliphatic heterocycles. The summed E-state index contributed by atoms with van der Waals surface area (Å²) in [6, 6.07) is 1.23. The topological polar surface area (TPSA) is 122 Å². The Morgan fingerprint density at radius 2 is 2.40 bits per heavy atom. The van der Waals surface area contributed by atoms with E-state index in [2.05, 4.69) is 15.7 Å². The Kier molecular flexibility index (Phi) is 5.86. The highest BCUT2D eigenvalue weighted by atomic mass is 35.5. The van der Waals surface area contributed by atoms with E-state index < -0.39 is 11.0 Å². The van der Waals surface area contributed by atoms with Crippen molar-refractivity contribution in [1.82, 2.24) is 20.4 Å². The number of aliphatic hydroxyl groups is 1. The van der Waals surface area contributed by atoms with Crippen molar-refractivity contribution in [3.8, 4) is 0 Å². The minimum Gasteiger partial charge on any atom is -0.391 e. The van der Waals surface area contributed by atoms with Crippen LogP contribution in [0, 0.1) is 16.0 Å². The van der Waals surface area contributed by atoms with E-state index in [9.17, 15) is 20.0 Å². The molecule has 0 spiro atoms. The van der Waals surface area contributed by atoms with Gasteiger partial charge in [0.1, 0.15) is 6.54 Å². The Bertz CT molecular complexity index is 480. The quantitative estimate of drug-likeness (QED) is 0.469. The molecule has 1 amide bonds. The molecule has 2 rings (SSSR count). The number of aromatic nitrogens is 2. The maximum Gasteiger partial charge on any atom is 0.389 e. The van der Waals surface area contributed by atoms with Crippen LogP contribution in [0.4, 0.5) is 5.82 Å². The molecule has 9 nitrogen and oxygen atoms in total. The van der Waals surface area contributed by atoms with E-state index in [1.54, 1.807) is 0 Å². The van der Waals surface area contributed by atoms with Crippen LogP contribution in [-0.4, -0.2) is 51.5 Å². The highest BCUT2D eigenvalue weighted by Crippen LogP contribution is 2.07. The van der Waals surface area contributed by atoms with E-state index in [1.165, 1.54) is 16.9 Å². The van der Waals surface area contributed by atoms with E-state index in [0.717, 1.165) is 0 Å². The number of nitrogens with zero attached hydrogens (tertiary/aromatic N) is 3. The summed E-state index contributed by atoms with van der Waals surface area (Å²) in [7, 11) is 0. The first-order valence-corrected chi connectivity index (χ1v) is 5.89. The Morgan fingerprint density at radius 1 is 1.65 bits per heavy atom. The first-order valence-electron chi connectivity index (χ1n) is 5.89. The number of hydrogen-bond donors (Lipinski definition) is 3. The van der Waals surface area contributed by atoms with Gasteiger partial charge >= 0.3 is 5.82 Å². The average Bonchev–Trinajstić information content (AvgIpc) is 2.96. The molecule has 0 saturated carbocycles. The highest BCUT2D eigenvalue weighted by Gasteiger charge is 2.25. The molecule has 3 N–H and O–H groups in total. The first kappa shape index (κ1) is 16.3. The molecule has 1 aromatic heterocycles. The van der Waals surface area contributed by atoms with E-state index in [1.807, 2.05) is 0 Å². The molecule has 2 atom stereocenters. The molecule has 0 radical (unpaired) electrons. The van der Waals surface area contributed by atoms with Crippen molar-refractivity contribution < 1.29 is 14.8 Å². The van der Waals surface area contributed by atoms with Crippen LogP contribution in [0.25, 0.3) is 0 Å². The van der Waals surface area contributed by atoms with Crippen LogP contribution in [0.5, 0.6) is 0 Å². The zero-order valence-corrected chi connectivity index (χ0v) is 11.4. The van der Waals surface area contributed by atoms with Gasteiger partial charge in [-0.2, -0.15) is 4.68 Å². The predicted octanol–water partition coefficient (Wildman–Crippen LogP) is -1.09. The number of β-amino-alcohol motifs (C(OH)–C–C–N with tert-alkyl or cyclic N) is 1. The zero-order chi connectivity index (χ0) is 13.8. The van der Waals surface area contributed by atoms with Gasteiger partial charge in [0.2, 0.25) is 5.91 Å². The van der Waals surface area contributed by atoms with E-state index in [-0.39, 0.29) is 36.6 Å². The van der Waals surface area contributed by atoms with E-state index in [0.29, 0.717) is 19.6 Å². The predicted molar refractivity (Wildman–Crippen MR) is 71.5 cm³/mol. The van der Waals surface area contributed by atoms with Crippen LogP contribution in [0.15, 0.2) is 12.3 Å². The highest BCUT2D eigenvalue weighted by molar-refractivity contribution is 5.85. The molecular weight excluding hydrogens is 290 g/mol. The molecule has 10 heteroatoms. The molecule has 112 valence electrons. The Morgan fingerprint density at radius 3 is 2.95 bits per heavy atom. The molecule has 2 unspecified atom stereocenters. The van der Waals surface area contributed by atoms with Crippen molar-refractivity contribution in [3.05, 3.63) is 22.4 Å². The van der Waals surface area contributed by atoms with Gasteiger partial charge < -0.3 is 25.9 Å². The van der Waals surface area contributed by atoms with Crippen molar-refractivity contribution >= 4 is 24.1 Å². The Hall–Kier alpha value is -1.71. The number of halogens is 1. The number of amides is 1. The number of carbonyl (C=O) groups excluding carboxylic acids is 1. The summed E-state index contributed by atoms with van der Waals surface area (Å²) in [6.07, 6.45) is 0.926. The molecule has 0 aromatic carbocycles. The number of hydrogen-bond acceptors (Lipinski definition) is 6. The summed E-state index contributed by atoms with van der Waals surface area (Å²) in [4.78, 5) is 21.4. The monoisotopic (exact) mass is 305 g/mol. The fraction of sp³-hybridized carbons (Fsp3) is 0.600. The summed E-state index contributed by atoms with van der Waals surface area (Å²) < 4.78 is 1.21. The molecule has 2 heterocycles. The summed E-state index contributed by atoms with van der Waals surface area (Å²) in [5, 5.41) is 29.3. The molecular formula is C10H16ClN5O4. The average molecular weight is 306 g/mol. The normalized spacial score (nSPS) is 21.2. The summed E-state index contributed by atoms with van der Waals surface area (Å²) in [5.41, 5.74) is 0. The molecule has 1 aliphatic rings. The first-order chi connectivity index (χ1) is 9.06. The van der Waals surface area contributed by atoms with E-state index >= 15 is 0 Å². The Balaban J connectivity index is 0.00000200. The van der Waals surface area contributed by atoms with Crippen molar-refractivity contribution in [1.29, 1.82) is 0 Å². The summed E-state index contributed by atoms with van der Waals surface area (Å²) in [6.45, 7) is 1.49. The SMILES string of the molecule is Cl.O=C(Cn1ccc([N+](=O)[O-])n1)NCC1CNCC1O. The van der Waals surface area contributed by atoms with Gasteiger partial charge in [-0.05, 0) is 4.92 Å². The minimum absolute atomic E-state index is 0. The lowest BCUT2D eigenvalue weighted by molar-refractivity contribution is -0.389. The second-order valence-corrected chi connectivity index (χ2v) is 4.42. The van der Waals surface area contributed by atoms with Gasteiger partial charge in [-0.15, -0.1) is 12.4 Å². The molecule has 1 saturated heterocycles. The minimum atomic E-state index is -0.616. The molecule has 0 bridgehead atoms. The third kappa shape index (κ3) is 4.15. The van der Waals surface area contributed by atoms with Crippen LogP contribution in [0.3, 0.4) is 0 Å². The van der Waals surface area contributed by atoms with Crippen LogP contribution in [0.1, 0.15) is 0 Å². The van der Waals surface area contributed by atoms with Crippen molar-refractivity contribution in [3.63, 3.8) is 0 Å². The van der Waals surface area contributed by atoms with Gasteiger partial charge in [-0.1, -0.05) is 0 Å². The van der Waals surface area contributed by atoms with Gasteiger partial charge in [0.15, 0.2) is 0 Å². The maximum atomic E-state index is 11.6. The second kappa shape index (κ2) is 7.17. The summed E-state index contributed by atoms with van der Waals surface area (Å²) in [5.74, 6) is -0.587. The van der Waals surface area contributed by atoms with Gasteiger partial charge in [0.25, 0.3) is 0 Å². The van der Waals surface area contributed by atoms with Crippen molar-refractivity contribution in [2.24, 2.45) is 5.92 Å². The standard InChI is InChI=1S/C10H15N5O4.ClH/c16-8-5-11-3-7(8)4-12-10(17)6-14-2-1-9(13-14)15(18)19;/h1-2,7-8,11,16H,3-6H2,(H,12,17);1H. The van der Waals surface area contributed by atoms with Gasteiger partial charge in [0.05, 0.1) is 23.5 Å². The number of rotatable bonds is 5. The fourth-order valence-electron chi connectivity index (χ4n) is 1.91. The molecule has 1 fully saturated rings. The maximum absolute atomic E-state index is 11.6. The number of aliphatic hydroxyl groups excluding tert-OH is 1. The largest absolute Gasteiger partial charge is 0.391 e. The third-order valence-corrected chi connectivity index (χ3v) is 2.98. The lowest BCUT2D eigenvalue weighted by Crippen LogP contribution is -2.36. The lowest BCUT2D eigenvalue weighted by Gasteiger charge is -2.13. The smallest absolute Gasteiger partial charge is 0.389 e. The summed E-state index contributed by atoms with van der Waals surface area (Å²) >= 11 is 0. The fourth-order valence-corrected chi connectivity index (χ4v) is 1.91. The van der Waals surface area contributed by atoms with Crippen LogP contribution < -0.4 is 10.6 Å². The van der Waals surface area contributed by atoms with Crippen LogP contribution in [0.2, 0.25) is 0 Å². The van der Waals surface area contributed by atoms with Crippen molar-refractivity contribution in [2.75, 3.05) is 19.6 Å². The molecule has 0 aliphatic carbocycles. The zero-order valence-electron chi connectivity index (χ0n) is 10.6. The van der Waals surface area contributed by atoms with Gasteiger partial charge in [-0.3, -0.25) is 4.79 Å². The third-order valence-electron chi connectivity index (χ3n) is 2.98. The number of nitrogens with one attached hydrogen (secondary N) is 2. The van der Waals surface area contributed by atoms with Gasteiger partial charge in [-0.25, -0.2) is 0 Å². The number of carbonyl (C=O) groups is 1. The van der Waals surface area contributed by atoms with Gasteiger partial charge in [0, 0.05) is 25.6 Å². The lowest BCUT2D eigenvalue weighted by atomic mass is 10.1. The molecule has 20 heavy (non-hydrogen) atoms. The second-order valence-electron chi connectivity index (χ2n) is 4.42. The van der Waals surface area contributed by atoms with E-state index in [4.69, 9.17) is 0 Å². The van der Waals surface area contributed by atoms with Crippen molar-refractivity contribution in [2.45, 2.75) is 12.6 Å². The van der Waals surface area contributed by atoms with Crippen LogP contribution >= 0.6 is 12.4 Å². The number of nitro groups is 1. The van der Waals surface area contributed by atoms with Crippen LogP contribution in [-0.2, 0) is 11.3 Å². The Labute approximate surface area is 120 Å². The molecule has 1 aromatic rings.